The number of hydrogen-bond acceptors (Lipinski definition) is 4. The third-order valence-corrected chi connectivity index (χ3v) is 4.06. The molecule has 1 unspecified atom stereocenters. The van der Waals surface area contributed by atoms with Gasteiger partial charge in [-0.3, -0.25) is 0 Å². The molecule has 0 aliphatic carbocycles. The molecule has 84 valence electrons. The van der Waals surface area contributed by atoms with Crippen molar-refractivity contribution < 1.29 is 8.42 Å². The van der Waals surface area contributed by atoms with Crippen molar-refractivity contribution in [1.29, 1.82) is 0 Å². The van der Waals surface area contributed by atoms with E-state index in [0.29, 0.717) is 6.54 Å². The van der Waals surface area contributed by atoms with Gasteiger partial charge in [0.15, 0.2) is 9.84 Å². The zero-order chi connectivity index (χ0) is 11.0. The van der Waals surface area contributed by atoms with Crippen LogP contribution in [-0.4, -0.2) is 50.0 Å². The molecule has 0 saturated carbocycles. The molecule has 0 aromatic carbocycles. The average molecular weight is 220 g/mol. The summed E-state index contributed by atoms with van der Waals surface area (Å²) in [7, 11) is -2.87. The molecule has 1 aliphatic rings. The van der Waals surface area contributed by atoms with E-state index < -0.39 is 9.84 Å². The number of rotatable bonds is 3. The Hall–Kier alpha value is -0.130. The van der Waals surface area contributed by atoms with Gasteiger partial charge in [-0.25, -0.2) is 8.42 Å². The van der Waals surface area contributed by atoms with Gasteiger partial charge >= 0.3 is 0 Å². The maximum absolute atomic E-state index is 11.3. The highest BCUT2D eigenvalue weighted by Crippen LogP contribution is 2.17. The minimum Gasteiger partial charge on any atom is -0.324 e. The molecule has 1 heterocycles. The highest BCUT2D eigenvalue weighted by atomic mass is 32.2. The summed E-state index contributed by atoms with van der Waals surface area (Å²) < 4.78 is 22.6. The minimum absolute atomic E-state index is 0.190. The summed E-state index contributed by atoms with van der Waals surface area (Å²) in [5, 5.41) is -0.190. The first-order valence-corrected chi connectivity index (χ1v) is 6.84. The van der Waals surface area contributed by atoms with Crippen LogP contribution in [0.15, 0.2) is 0 Å². The first-order valence-electron chi connectivity index (χ1n) is 4.88. The van der Waals surface area contributed by atoms with Crippen LogP contribution in [0.1, 0.15) is 20.3 Å². The summed E-state index contributed by atoms with van der Waals surface area (Å²) in [4.78, 5) is 2.13. The van der Waals surface area contributed by atoms with E-state index in [2.05, 4.69) is 4.90 Å². The van der Waals surface area contributed by atoms with E-state index >= 15 is 0 Å². The summed E-state index contributed by atoms with van der Waals surface area (Å²) in [6.45, 7) is 6.17. The zero-order valence-corrected chi connectivity index (χ0v) is 9.97. The van der Waals surface area contributed by atoms with Gasteiger partial charge < -0.3 is 10.6 Å². The predicted octanol–water partition coefficient (Wildman–Crippen LogP) is -0.157. The van der Waals surface area contributed by atoms with Crippen molar-refractivity contribution in [2.75, 3.05) is 25.9 Å². The Kier molecular flexibility index (Phi) is 3.23. The zero-order valence-electron chi connectivity index (χ0n) is 9.16. The first kappa shape index (κ1) is 11.9. The van der Waals surface area contributed by atoms with Crippen LogP contribution < -0.4 is 5.73 Å². The molecule has 0 bridgehead atoms. The van der Waals surface area contributed by atoms with Crippen LogP contribution >= 0.6 is 0 Å². The number of sulfone groups is 1. The normalized spacial score (nSPS) is 25.6. The Balaban J connectivity index is 2.51. The number of likely N-dealkylation sites (tertiary alicyclic amines) is 1. The Morgan fingerprint density at radius 3 is 2.43 bits per heavy atom. The van der Waals surface area contributed by atoms with E-state index in [1.807, 2.05) is 13.8 Å². The molecule has 1 saturated heterocycles. The van der Waals surface area contributed by atoms with E-state index in [1.54, 1.807) is 0 Å². The van der Waals surface area contributed by atoms with Crippen LogP contribution in [-0.2, 0) is 9.84 Å². The van der Waals surface area contributed by atoms with Gasteiger partial charge in [0.2, 0.25) is 0 Å². The molecule has 1 atom stereocenters. The number of nitrogens with zero attached hydrogens (tertiary/aromatic N) is 1. The van der Waals surface area contributed by atoms with E-state index in [4.69, 9.17) is 5.73 Å². The Morgan fingerprint density at radius 1 is 1.50 bits per heavy atom. The molecular weight excluding hydrogens is 200 g/mol. The first-order chi connectivity index (χ1) is 6.18. The van der Waals surface area contributed by atoms with Crippen molar-refractivity contribution in [2.45, 2.75) is 31.1 Å². The van der Waals surface area contributed by atoms with Crippen LogP contribution in [0, 0.1) is 0 Å². The van der Waals surface area contributed by atoms with Crippen LogP contribution in [0.5, 0.6) is 0 Å². The Bertz CT molecular complexity index is 292. The molecule has 1 aliphatic heterocycles. The molecule has 0 spiro atoms. The fourth-order valence-electron chi connectivity index (χ4n) is 1.87. The van der Waals surface area contributed by atoms with Gasteiger partial charge in [0, 0.05) is 24.9 Å². The molecule has 14 heavy (non-hydrogen) atoms. The van der Waals surface area contributed by atoms with Gasteiger partial charge in [-0.05, 0) is 26.8 Å². The molecule has 0 radical (unpaired) electrons. The largest absolute Gasteiger partial charge is 0.324 e. The van der Waals surface area contributed by atoms with Crippen molar-refractivity contribution in [3.63, 3.8) is 0 Å². The number of nitrogens with two attached hydrogens (primary N) is 1. The second-order valence-corrected chi connectivity index (χ2v) is 7.29. The summed E-state index contributed by atoms with van der Waals surface area (Å²) in [6.07, 6.45) is 2.06. The summed E-state index contributed by atoms with van der Waals surface area (Å²) in [5.74, 6) is 0. The molecule has 1 rings (SSSR count). The summed E-state index contributed by atoms with van der Waals surface area (Å²) in [6, 6.07) is 0. The van der Waals surface area contributed by atoms with Crippen LogP contribution in [0.4, 0.5) is 0 Å². The lowest BCUT2D eigenvalue weighted by molar-refractivity contribution is 0.272. The second-order valence-electron chi connectivity index (χ2n) is 4.96. The average Bonchev–Trinajstić information content (AvgIpc) is 2.29. The molecular formula is C9H20N2O2S. The fourth-order valence-corrected chi connectivity index (χ4v) is 2.88. The van der Waals surface area contributed by atoms with Crippen molar-refractivity contribution >= 4 is 9.84 Å². The van der Waals surface area contributed by atoms with Crippen molar-refractivity contribution in [1.82, 2.24) is 4.90 Å². The van der Waals surface area contributed by atoms with Gasteiger partial charge in [-0.15, -0.1) is 0 Å². The second kappa shape index (κ2) is 3.79. The van der Waals surface area contributed by atoms with E-state index in [0.717, 1.165) is 19.5 Å². The topological polar surface area (TPSA) is 63.4 Å². The Labute approximate surface area is 86.4 Å². The van der Waals surface area contributed by atoms with Gasteiger partial charge in [0.1, 0.15) is 0 Å². The SMILES string of the molecule is CC(C)(N)CN1CCC(S(C)(=O)=O)C1. The smallest absolute Gasteiger partial charge is 0.151 e. The van der Waals surface area contributed by atoms with E-state index in [1.165, 1.54) is 6.26 Å². The lowest BCUT2D eigenvalue weighted by atomic mass is 10.1. The Morgan fingerprint density at radius 2 is 2.07 bits per heavy atom. The monoisotopic (exact) mass is 220 g/mol. The molecule has 0 amide bonds. The van der Waals surface area contributed by atoms with Gasteiger partial charge in [-0.1, -0.05) is 0 Å². The predicted molar refractivity (Wildman–Crippen MR) is 58.0 cm³/mol. The molecule has 1 fully saturated rings. The standard InChI is InChI=1S/C9H20N2O2S/c1-9(2,10)7-11-5-4-8(6-11)14(3,12)13/h8H,4-7,10H2,1-3H3. The van der Waals surface area contributed by atoms with Crippen LogP contribution in [0.3, 0.4) is 0 Å². The fraction of sp³-hybridized carbons (Fsp3) is 1.00. The van der Waals surface area contributed by atoms with Crippen molar-refractivity contribution in [3.8, 4) is 0 Å². The maximum atomic E-state index is 11.3. The lowest BCUT2D eigenvalue weighted by Crippen LogP contribution is -2.45. The third-order valence-electron chi connectivity index (χ3n) is 2.47. The van der Waals surface area contributed by atoms with Gasteiger partial charge in [0.05, 0.1) is 5.25 Å². The summed E-state index contributed by atoms with van der Waals surface area (Å²) >= 11 is 0. The highest BCUT2D eigenvalue weighted by Gasteiger charge is 2.31. The van der Waals surface area contributed by atoms with Crippen LogP contribution in [0.25, 0.3) is 0 Å². The number of hydrogen-bond donors (Lipinski definition) is 1. The molecule has 5 heteroatoms. The maximum Gasteiger partial charge on any atom is 0.151 e. The lowest BCUT2D eigenvalue weighted by Gasteiger charge is -2.25. The van der Waals surface area contributed by atoms with Crippen LogP contribution in [0.2, 0.25) is 0 Å². The third kappa shape index (κ3) is 3.55. The molecule has 2 N–H and O–H groups in total. The quantitative estimate of drug-likeness (QED) is 0.718. The van der Waals surface area contributed by atoms with E-state index in [9.17, 15) is 8.42 Å². The highest BCUT2D eigenvalue weighted by molar-refractivity contribution is 7.91. The molecule has 0 aromatic rings. The van der Waals surface area contributed by atoms with Crippen molar-refractivity contribution in [2.24, 2.45) is 5.73 Å². The van der Waals surface area contributed by atoms with E-state index in [-0.39, 0.29) is 10.8 Å². The molecule has 4 nitrogen and oxygen atoms in total. The van der Waals surface area contributed by atoms with Gasteiger partial charge in [-0.2, -0.15) is 0 Å². The van der Waals surface area contributed by atoms with Gasteiger partial charge in [0.25, 0.3) is 0 Å². The molecule has 0 aromatic heterocycles. The minimum atomic E-state index is -2.87. The summed E-state index contributed by atoms with van der Waals surface area (Å²) in [5.41, 5.74) is 5.64. The van der Waals surface area contributed by atoms with Crippen molar-refractivity contribution in [3.05, 3.63) is 0 Å².